The van der Waals surface area contributed by atoms with E-state index in [1.54, 1.807) is 0 Å². The monoisotopic (exact) mass is 262 g/mol. The van der Waals surface area contributed by atoms with Crippen LogP contribution in [0, 0.1) is 5.92 Å². The standard InChI is InChI=1S/C13H14N2O2S/c16-13(8-1-2-8)14-6-5-11-10-7-9(18)3-4-12(10)17-15-11/h3-4,7-8,18H,1-2,5-6H2,(H,14,16). The third-order valence-corrected chi connectivity index (χ3v) is 3.42. The summed E-state index contributed by atoms with van der Waals surface area (Å²) >= 11 is 4.30. The largest absolute Gasteiger partial charge is 0.356 e. The third-order valence-electron chi connectivity index (χ3n) is 3.14. The number of carbonyl (C=O) groups excluding carboxylic acids is 1. The predicted molar refractivity (Wildman–Crippen MR) is 70.7 cm³/mol. The lowest BCUT2D eigenvalue weighted by Crippen LogP contribution is -2.27. The zero-order valence-electron chi connectivity index (χ0n) is 9.85. The maximum Gasteiger partial charge on any atom is 0.223 e. The number of carbonyl (C=O) groups is 1. The van der Waals surface area contributed by atoms with Gasteiger partial charge in [0.15, 0.2) is 5.58 Å². The van der Waals surface area contributed by atoms with Crippen LogP contribution >= 0.6 is 12.6 Å². The van der Waals surface area contributed by atoms with Crippen molar-refractivity contribution in [3.8, 4) is 0 Å². The molecule has 0 atom stereocenters. The Balaban J connectivity index is 1.66. The Morgan fingerprint density at radius 2 is 2.33 bits per heavy atom. The molecule has 0 aliphatic heterocycles. The van der Waals surface area contributed by atoms with Gasteiger partial charge in [-0.15, -0.1) is 12.6 Å². The Morgan fingerprint density at radius 1 is 1.50 bits per heavy atom. The minimum Gasteiger partial charge on any atom is -0.356 e. The summed E-state index contributed by atoms with van der Waals surface area (Å²) in [5, 5.41) is 7.93. The molecule has 1 fully saturated rings. The molecule has 0 unspecified atom stereocenters. The van der Waals surface area contributed by atoms with Crippen molar-refractivity contribution in [2.45, 2.75) is 24.2 Å². The van der Waals surface area contributed by atoms with Gasteiger partial charge in [-0.05, 0) is 31.0 Å². The van der Waals surface area contributed by atoms with Crippen LogP contribution in [0.5, 0.6) is 0 Å². The highest BCUT2D eigenvalue weighted by molar-refractivity contribution is 7.80. The molecule has 94 valence electrons. The normalized spacial score (nSPS) is 14.9. The summed E-state index contributed by atoms with van der Waals surface area (Å²) in [6.45, 7) is 0.605. The minimum atomic E-state index is 0.165. The summed E-state index contributed by atoms with van der Waals surface area (Å²) in [6.07, 6.45) is 2.74. The van der Waals surface area contributed by atoms with Gasteiger partial charge in [0.1, 0.15) is 0 Å². The maximum absolute atomic E-state index is 11.5. The van der Waals surface area contributed by atoms with Crippen LogP contribution in [0.1, 0.15) is 18.5 Å². The number of benzene rings is 1. The second kappa shape index (κ2) is 4.65. The molecular formula is C13H14N2O2S. The molecule has 2 aromatic rings. The molecule has 0 saturated heterocycles. The molecule has 1 aliphatic carbocycles. The highest BCUT2D eigenvalue weighted by Gasteiger charge is 2.29. The van der Waals surface area contributed by atoms with Crippen LogP contribution in [0.15, 0.2) is 27.6 Å². The molecule has 1 aromatic heterocycles. The van der Waals surface area contributed by atoms with Crippen molar-refractivity contribution in [1.29, 1.82) is 0 Å². The molecule has 1 N–H and O–H groups in total. The molecule has 0 radical (unpaired) electrons. The van der Waals surface area contributed by atoms with Crippen molar-refractivity contribution in [2.75, 3.05) is 6.54 Å². The highest BCUT2D eigenvalue weighted by Crippen LogP contribution is 2.28. The summed E-state index contributed by atoms with van der Waals surface area (Å²) in [5.41, 5.74) is 1.63. The average Bonchev–Trinajstić information content (AvgIpc) is 3.13. The second-order valence-corrected chi connectivity index (χ2v) is 5.14. The highest BCUT2D eigenvalue weighted by atomic mass is 32.1. The lowest BCUT2D eigenvalue weighted by Gasteiger charge is -2.01. The molecule has 0 bridgehead atoms. The first-order chi connectivity index (χ1) is 8.74. The quantitative estimate of drug-likeness (QED) is 0.830. The molecule has 5 heteroatoms. The Kier molecular flexibility index (Phi) is 2.99. The van der Waals surface area contributed by atoms with Gasteiger partial charge in [0.25, 0.3) is 0 Å². The van der Waals surface area contributed by atoms with Crippen LogP contribution in [-0.2, 0) is 11.2 Å². The molecule has 4 nitrogen and oxygen atoms in total. The van der Waals surface area contributed by atoms with Crippen molar-refractivity contribution in [1.82, 2.24) is 10.5 Å². The molecule has 3 rings (SSSR count). The van der Waals surface area contributed by atoms with Gasteiger partial charge in [-0.2, -0.15) is 0 Å². The molecule has 0 spiro atoms. The lowest BCUT2D eigenvalue weighted by molar-refractivity contribution is -0.122. The number of amides is 1. The lowest BCUT2D eigenvalue weighted by atomic mass is 10.2. The van der Waals surface area contributed by atoms with Crippen LogP contribution in [0.4, 0.5) is 0 Å². The molecule has 1 aliphatic rings. The van der Waals surface area contributed by atoms with Gasteiger partial charge in [-0.25, -0.2) is 0 Å². The van der Waals surface area contributed by atoms with Gasteiger partial charge in [-0.3, -0.25) is 4.79 Å². The predicted octanol–water partition coefficient (Wildman–Crippen LogP) is 2.19. The number of fused-ring (bicyclic) bond motifs is 1. The zero-order chi connectivity index (χ0) is 12.5. The number of hydrogen-bond acceptors (Lipinski definition) is 4. The van der Waals surface area contributed by atoms with E-state index in [2.05, 4.69) is 23.1 Å². The van der Waals surface area contributed by atoms with Gasteiger partial charge in [0.2, 0.25) is 5.91 Å². The van der Waals surface area contributed by atoms with E-state index >= 15 is 0 Å². The third kappa shape index (κ3) is 2.36. The molecule has 1 saturated carbocycles. The first-order valence-corrected chi connectivity index (χ1v) is 6.54. The van der Waals surface area contributed by atoms with Gasteiger partial charge >= 0.3 is 0 Å². The van der Waals surface area contributed by atoms with E-state index in [0.717, 1.165) is 34.4 Å². The van der Waals surface area contributed by atoms with E-state index in [4.69, 9.17) is 4.52 Å². The second-order valence-electron chi connectivity index (χ2n) is 4.63. The Labute approximate surface area is 110 Å². The molecule has 18 heavy (non-hydrogen) atoms. The SMILES string of the molecule is O=C(NCCc1noc2ccc(S)cc12)C1CC1. The van der Waals surface area contributed by atoms with Crippen LogP contribution in [0.2, 0.25) is 0 Å². The van der Waals surface area contributed by atoms with E-state index in [1.165, 1.54) is 0 Å². The van der Waals surface area contributed by atoms with Gasteiger partial charge < -0.3 is 9.84 Å². The Morgan fingerprint density at radius 3 is 3.11 bits per heavy atom. The van der Waals surface area contributed by atoms with E-state index < -0.39 is 0 Å². The smallest absolute Gasteiger partial charge is 0.223 e. The first kappa shape index (κ1) is 11.6. The number of nitrogens with one attached hydrogen (secondary N) is 1. The average molecular weight is 262 g/mol. The van der Waals surface area contributed by atoms with E-state index in [1.807, 2.05) is 18.2 Å². The van der Waals surface area contributed by atoms with Gasteiger partial charge in [-0.1, -0.05) is 5.16 Å². The number of hydrogen-bond donors (Lipinski definition) is 2. The van der Waals surface area contributed by atoms with E-state index in [0.29, 0.717) is 13.0 Å². The number of nitrogens with zero attached hydrogens (tertiary/aromatic N) is 1. The van der Waals surface area contributed by atoms with Crippen molar-refractivity contribution in [2.24, 2.45) is 5.92 Å². The maximum atomic E-state index is 11.5. The number of rotatable bonds is 4. The fourth-order valence-electron chi connectivity index (χ4n) is 1.95. The van der Waals surface area contributed by atoms with Gasteiger partial charge in [0.05, 0.1) is 5.69 Å². The molecule has 1 amide bonds. The Hall–Kier alpha value is -1.49. The van der Waals surface area contributed by atoms with Gasteiger partial charge in [0, 0.05) is 29.2 Å². The Bertz CT molecular complexity index is 590. The van der Waals surface area contributed by atoms with Crippen molar-refractivity contribution < 1.29 is 9.32 Å². The topological polar surface area (TPSA) is 55.1 Å². The summed E-state index contributed by atoms with van der Waals surface area (Å²) < 4.78 is 5.22. The first-order valence-electron chi connectivity index (χ1n) is 6.09. The van der Waals surface area contributed by atoms with Crippen LogP contribution in [0.3, 0.4) is 0 Å². The van der Waals surface area contributed by atoms with E-state index in [9.17, 15) is 4.79 Å². The fraction of sp³-hybridized carbons (Fsp3) is 0.385. The van der Waals surface area contributed by atoms with Crippen molar-refractivity contribution in [3.63, 3.8) is 0 Å². The number of aromatic nitrogens is 1. The molecular weight excluding hydrogens is 248 g/mol. The summed E-state index contributed by atoms with van der Waals surface area (Å²) in [4.78, 5) is 12.4. The zero-order valence-corrected chi connectivity index (χ0v) is 10.7. The van der Waals surface area contributed by atoms with Crippen molar-refractivity contribution in [3.05, 3.63) is 23.9 Å². The summed E-state index contributed by atoms with van der Waals surface area (Å²) in [6, 6.07) is 5.67. The fourth-order valence-corrected chi connectivity index (χ4v) is 2.15. The van der Waals surface area contributed by atoms with Crippen molar-refractivity contribution >= 4 is 29.5 Å². The number of thiol groups is 1. The molecule has 1 aromatic carbocycles. The van der Waals surface area contributed by atoms with Crippen LogP contribution in [0.25, 0.3) is 11.0 Å². The van der Waals surface area contributed by atoms with Crippen LogP contribution in [-0.4, -0.2) is 17.6 Å². The van der Waals surface area contributed by atoms with E-state index in [-0.39, 0.29) is 11.8 Å². The summed E-state index contributed by atoms with van der Waals surface area (Å²) in [7, 11) is 0. The van der Waals surface area contributed by atoms with Crippen LogP contribution < -0.4 is 5.32 Å². The summed E-state index contributed by atoms with van der Waals surface area (Å²) in [5.74, 6) is 0.417. The molecule has 1 heterocycles. The minimum absolute atomic E-state index is 0.165.